The zero-order chi connectivity index (χ0) is 19.2. The Morgan fingerprint density at radius 2 is 2.04 bits per heavy atom. The summed E-state index contributed by atoms with van der Waals surface area (Å²) in [6.45, 7) is 2.08. The lowest BCUT2D eigenvalue weighted by Crippen LogP contribution is -2.84. The van der Waals surface area contributed by atoms with Crippen molar-refractivity contribution >= 4 is 23.4 Å². The summed E-state index contributed by atoms with van der Waals surface area (Å²) < 4.78 is 18.7. The number of carbonyl (C=O) groups is 2. The van der Waals surface area contributed by atoms with Crippen LogP contribution in [-0.2, 0) is 14.4 Å². The Morgan fingerprint density at radius 3 is 2.67 bits per heavy atom. The molecule has 1 heterocycles. The van der Waals surface area contributed by atoms with Gasteiger partial charge in [-0.25, -0.2) is 4.39 Å². The number of hydrogen-bond donors (Lipinski definition) is 3. The second-order valence-electron chi connectivity index (χ2n) is 7.82. The number of benzene rings is 1. The van der Waals surface area contributed by atoms with Crippen LogP contribution in [-0.4, -0.2) is 42.1 Å². The molecule has 3 saturated carbocycles. The Balaban J connectivity index is 1.21. The minimum atomic E-state index is -0.594. The van der Waals surface area contributed by atoms with Gasteiger partial charge in [-0.2, -0.15) is 5.48 Å². The summed E-state index contributed by atoms with van der Waals surface area (Å²) in [6, 6.07) is 4.01. The van der Waals surface area contributed by atoms with E-state index in [1.54, 1.807) is 0 Å². The van der Waals surface area contributed by atoms with E-state index in [-0.39, 0.29) is 52.2 Å². The Bertz CT molecular complexity index is 770. The van der Waals surface area contributed by atoms with Gasteiger partial charge in [0.05, 0.1) is 17.5 Å². The van der Waals surface area contributed by atoms with Crippen molar-refractivity contribution in [2.75, 3.05) is 13.2 Å². The minimum absolute atomic E-state index is 0.00218. The second-order valence-corrected chi connectivity index (χ2v) is 8.22. The lowest BCUT2D eigenvalue weighted by molar-refractivity contribution is -0.152. The summed E-state index contributed by atoms with van der Waals surface area (Å²) in [7, 11) is 0. The molecule has 0 aromatic heterocycles. The number of ether oxygens (including phenoxy) is 1. The molecule has 2 unspecified atom stereocenters. The highest BCUT2D eigenvalue weighted by molar-refractivity contribution is 6.30. The summed E-state index contributed by atoms with van der Waals surface area (Å²) in [5.41, 5.74) is 2.31. The van der Waals surface area contributed by atoms with Crippen molar-refractivity contribution in [3.8, 4) is 5.75 Å². The topological polar surface area (TPSA) is 88.7 Å². The van der Waals surface area contributed by atoms with Crippen molar-refractivity contribution < 1.29 is 23.6 Å². The molecule has 27 heavy (non-hydrogen) atoms. The molecule has 5 rings (SSSR count). The van der Waals surface area contributed by atoms with Crippen LogP contribution in [0.15, 0.2) is 18.2 Å². The first-order valence-corrected chi connectivity index (χ1v) is 9.26. The van der Waals surface area contributed by atoms with Crippen LogP contribution >= 0.6 is 11.6 Å². The van der Waals surface area contributed by atoms with Gasteiger partial charge >= 0.3 is 0 Å². The van der Waals surface area contributed by atoms with Crippen LogP contribution in [0.5, 0.6) is 5.75 Å². The third kappa shape index (κ3) is 3.49. The van der Waals surface area contributed by atoms with Gasteiger partial charge in [0, 0.05) is 23.2 Å². The average Bonchev–Trinajstić information content (AvgIpc) is 2.99. The van der Waals surface area contributed by atoms with Gasteiger partial charge < -0.3 is 20.2 Å². The van der Waals surface area contributed by atoms with Crippen molar-refractivity contribution in [1.29, 1.82) is 0 Å². The van der Waals surface area contributed by atoms with Gasteiger partial charge in [-0.05, 0) is 38.3 Å². The van der Waals surface area contributed by atoms with Gasteiger partial charge in [0.1, 0.15) is 11.6 Å². The monoisotopic (exact) mass is 397 g/mol. The summed E-state index contributed by atoms with van der Waals surface area (Å²) >= 11 is 5.61. The molecule has 1 aromatic carbocycles. The third-order valence-corrected chi connectivity index (χ3v) is 5.86. The number of halogens is 2. The molecule has 1 aliphatic heterocycles. The minimum Gasteiger partial charge on any atom is -0.484 e. The van der Waals surface area contributed by atoms with E-state index in [0.717, 1.165) is 6.07 Å². The van der Waals surface area contributed by atoms with Crippen LogP contribution in [0.2, 0.25) is 5.02 Å². The molecule has 146 valence electrons. The molecule has 1 saturated heterocycles. The number of hydrogen-bond acceptors (Lipinski definition) is 5. The Hall–Kier alpha value is -1.90. The summed E-state index contributed by atoms with van der Waals surface area (Å²) in [6.07, 6.45) is 2.13. The molecule has 4 aliphatic rings. The van der Waals surface area contributed by atoms with Gasteiger partial charge in [-0.1, -0.05) is 11.6 Å². The Labute approximate surface area is 160 Å². The maximum Gasteiger partial charge on any atom is 0.258 e. The molecule has 1 aromatic rings. The summed E-state index contributed by atoms with van der Waals surface area (Å²) in [5.74, 6) is -0.830. The number of nitrogens with one attached hydrogen (secondary N) is 3. The number of rotatable bonds is 6. The van der Waals surface area contributed by atoms with Crippen molar-refractivity contribution in [3.05, 3.63) is 29.0 Å². The predicted molar refractivity (Wildman–Crippen MR) is 94.5 cm³/mol. The molecule has 2 amide bonds. The molecular weight excluding hydrogens is 377 g/mol. The van der Waals surface area contributed by atoms with Gasteiger partial charge in [-0.3, -0.25) is 9.59 Å². The zero-order valence-corrected chi connectivity index (χ0v) is 15.6. The highest BCUT2D eigenvalue weighted by Crippen LogP contribution is 2.60. The van der Waals surface area contributed by atoms with Crippen molar-refractivity contribution in [2.45, 2.75) is 43.3 Å². The van der Waals surface area contributed by atoms with Crippen LogP contribution < -0.4 is 20.9 Å². The summed E-state index contributed by atoms with van der Waals surface area (Å²) in [4.78, 5) is 29.6. The van der Waals surface area contributed by atoms with E-state index >= 15 is 0 Å². The molecule has 7 nitrogen and oxygen atoms in total. The fourth-order valence-electron chi connectivity index (χ4n) is 4.25. The SMILES string of the molecule is CC1NOCC1C(=O)NC12CC(NC(=O)COc3ccc(Cl)c(F)c3)(C1)C2. The number of hydroxylamine groups is 1. The first-order valence-electron chi connectivity index (χ1n) is 8.88. The average molecular weight is 398 g/mol. The maximum absolute atomic E-state index is 13.4. The molecule has 4 fully saturated rings. The van der Waals surface area contributed by atoms with Gasteiger partial charge in [0.15, 0.2) is 6.61 Å². The van der Waals surface area contributed by atoms with Crippen LogP contribution in [0.4, 0.5) is 4.39 Å². The van der Waals surface area contributed by atoms with Crippen LogP contribution in [0, 0.1) is 11.7 Å². The predicted octanol–water partition coefficient (Wildman–Crippen LogP) is 1.30. The van der Waals surface area contributed by atoms with E-state index in [1.165, 1.54) is 12.1 Å². The fraction of sp³-hybridized carbons (Fsp3) is 0.556. The largest absolute Gasteiger partial charge is 0.484 e. The van der Waals surface area contributed by atoms with Crippen molar-refractivity contribution in [1.82, 2.24) is 16.1 Å². The van der Waals surface area contributed by atoms with Gasteiger partial charge in [-0.15, -0.1) is 0 Å². The van der Waals surface area contributed by atoms with Crippen molar-refractivity contribution in [2.24, 2.45) is 5.92 Å². The van der Waals surface area contributed by atoms with E-state index in [4.69, 9.17) is 21.2 Å². The first-order chi connectivity index (χ1) is 12.8. The Kier molecular flexibility index (Phi) is 4.52. The lowest BCUT2D eigenvalue weighted by atomic mass is 9.44. The summed E-state index contributed by atoms with van der Waals surface area (Å²) in [5, 5.41) is 6.06. The van der Waals surface area contributed by atoms with E-state index in [2.05, 4.69) is 16.1 Å². The molecular formula is C18H21ClFN3O4. The van der Waals surface area contributed by atoms with E-state index in [0.29, 0.717) is 25.9 Å². The third-order valence-electron chi connectivity index (χ3n) is 5.56. The van der Waals surface area contributed by atoms with Crippen LogP contribution in [0.1, 0.15) is 26.2 Å². The molecule has 3 aliphatic carbocycles. The lowest BCUT2D eigenvalue weighted by Gasteiger charge is -2.70. The van der Waals surface area contributed by atoms with Gasteiger partial charge in [0.2, 0.25) is 5.91 Å². The molecule has 2 bridgehead atoms. The quantitative estimate of drug-likeness (QED) is 0.673. The van der Waals surface area contributed by atoms with E-state index in [9.17, 15) is 14.0 Å². The maximum atomic E-state index is 13.4. The Morgan fingerprint density at radius 1 is 1.33 bits per heavy atom. The van der Waals surface area contributed by atoms with Crippen molar-refractivity contribution in [3.63, 3.8) is 0 Å². The van der Waals surface area contributed by atoms with E-state index in [1.807, 2.05) is 6.92 Å². The number of carbonyl (C=O) groups excluding carboxylic acids is 2. The van der Waals surface area contributed by atoms with Gasteiger partial charge in [0.25, 0.3) is 5.91 Å². The molecule has 2 atom stereocenters. The van der Waals surface area contributed by atoms with E-state index < -0.39 is 5.82 Å². The highest BCUT2D eigenvalue weighted by atomic mass is 35.5. The normalized spacial score (nSPS) is 33.6. The standard InChI is InChI=1S/C18H21ClFN3O4/c1-10-12(5-27-23-10)16(25)22-18-7-17(8-18,9-18)21-15(24)6-26-11-2-3-13(19)14(20)4-11/h2-4,10,12,23H,5-9H2,1H3,(H,21,24)(H,22,25). The second kappa shape index (κ2) is 6.61. The smallest absolute Gasteiger partial charge is 0.258 e. The number of amides is 2. The van der Waals surface area contributed by atoms with Crippen LogP contribution in [0.25, 0.3) is 0 Å². The highest BCUT2D eigenvalue weighted by Gasteiger charge is 2.69. The zero-order valence-electron chi connectivity index (χ0n) is 14.8. The first kappa shape index (κ1) is 18.5. The molecule has 9 heteroatoms. The molecule has 0 radical (unpaired) electrons. The van der Waals surface area contributed by atoms with Crippen LogP contribution in [0.3, 0.4) is 0 Å². The fourth-order valence-corrected chi connectivity index (χ4v) is 4.37. The molecule has 3 N–H and O–H groups in total. The molecule has 0 spiro atoms.